The molecule has 2 rings (SSSR count). The van der Waals surface area contributed by atoms with Gasteiger partial charge in [-0.1, -0.05) is 32.9 Å². The van der Waals surface area contributed by atoms with Crippen molar-refractivity contribution in [2.24, 2.45) is 0 Å². The largest absolute Gasteiger partial charge is 0.397 e. The molecular formula is C18H24F3N3O2. The van der Waals surface area contributed by atoms with Gasteiger partial charge >= 0.3 is 12.2 Å². The zero-order valence-corrected chi connectivity index (χ0v) is 15.2. The third-order valence-corrected chi connectivity index (χ3v) is 4.27. The number of hydrogen-bond acceptors (Lipinski definition) is 2. The van der Waals surface area contributed by atoms with Crippen molar-refractivity contribution in [3.8, 4) is 0 Å². The Kier molecular flexibility index (Phi) is 5.83. The molecule has 0 radical (unpaired) electrons. The summed E-state index contributed by atoms with van der Waals surface area (Å²) < 4.78 is 36.9. The standard InChI is InChI=1S/C18H24F3N3O2/c1-17(2,3)13-4-6-14(7-5-13)22-16(26)24-10-8-23(9-11-24)15(25)12-18(19,20)21/h4-7H,8-12H2,1-3H3,(H,22,26). The SMILES string of the molecule is CC(C)(C)c1ccc(NC(=O)N2CCN(C(=O)CC(F)(F)F)CC2)cc1. The van der Waals surface area contributed by atoms with Crippen LogP contribution in [0.5, 0.6) is 0 Å². The van der Waals surface area contributed by atoms with E-state index in [0.717, 1.165) is 10.5 Å². The number of amides is 3. The van der Waals surface area contributed by atoms with Crippen molar-refractivity contribution in [2.75, 3.05) is 31.5 Å². The van der Waals surface area contributed by atoms with E-state index in [9.17, 15) is 22.8 Å². The van der Waals surface area contributed by atoms with Gasteiger partial charge in [-0.2, -0.15) is 13.2 Å². The topological polar surface area (TPSA) is 52.7 Å². The van der Waals surface area contributed by atoms with Gasteiger partial charge < -0.3 is 15.1 Å². The van der Waals surface area contributed by atoms with E-state index in [1.807, 2.05) is 24.3 Å². The van der Waals surface area contributed by atoms with E-state index in [-0.39, 0.29) is 37.6 Å². The predicted molar refractivity (Wildman–Crippen MR) is 93.0 cm³/mol. The first kappa shape index (κ1) is 20.1. The number of halogens is 3. The van der Waals surface area contributed by atoms with Crippen molar-refractivity contribution in [1.82, 2.24) is 9.80 Å². The number of carbonyl (C=O) groups is 2. The molecule has 1 fully saturated rings. The number of alkyl halides is 3. The molecule has 0 saturated carbocycles. The maximum absolute atomic E-state index is 12.3. The second-order valence-corrected chi connectivity index (χ2v) is 7.42. The van der Waals surface area contributed by atoms with Crippen molar-refractivity contribution < 1.29 is 22.8 Å². The van der Waals surface area contributed by atoms with Gasteiger partial charge in [0.1, 0.15) is 6.42 Å². The van der Waals surface area contributed by atoms with E-state index in [2.05, 4.69) is 26.1 Å². The number of anilines is 1. The Balaban J connectivity index is 1.86. The highest BCUT2D eigenvalue weighted by molar-refractivity contribution is 5.89. The monoisotopic (exact) mass is 371 g/mol. The van der Waals surface area contributed by atoms with Gasteiger partial charge in [0.25, 0.3) is 0 Å². The summed E-state index contributed by atoms with van der Waals surface area (Å²) in [6.07, 6.45) is -5.97. The molecule has 1 aromatic rings. The molecule has 0 bridgehead atoms. The normalized spacial score (nSPS) is 15.8. The summed E-state index contributed by atoms with van der Waals surface area (Å²) in [5, 5.41) is 2.78. The molecule has 0 unspecified atom stereocenters. The highest BCUT2D eigenvalue weighted by atomic mass is 19.4. The third-order valence-electron chi connectivity index (χ3n) is 4.27. The van der Waals surface area contributed by atoms with Crippen LogP contribution >= 0.6 is 0 Å². The number of benzene rings is 1. The van der Waals surface area contributed by atoms with E-state index < -0.39 is 18.5 Å². The minimum Gasteiger partial charge on any atom is -0.339 e. The molecule has 1 saturated heterocycles. The van der Waals surface area contributed by atoms with Crippen LogP contribution in [0.25, 0.3) is 0 Å². The summed E-state index contributed by atoms with van der Waals surface area (Å²) in [6, 6.07) is 7.21. The molecule has 1 heterocycles. The van der Waals surface area contributed by atoms with Crippen molar-refractivity contribution in [3.63, 3.8) is 0 Å². The van der Waals surface area contributed by atoms with Gasteiger partial charge in [0.2, 0.25) is 5.91 Å². The predicted octanol–water partition coefficient (Wildman–Crippen LogP) is 3.61. The van der Waals surface area contributed by atoms with E-state index in [4.69, 9.17) is 0 Å². The van der Waals surface area contributed by atoms with Crippen LogP contribution in [0, 0.1) is 0 Å². The van der Waals surface area contributed by atoms with E-state index in [0.29, 0.717) is 5.69 Å². The van der Waals surface area contributed by atoms with Gasteiger partial charge in [-0.15, -0.1) is 0 Å². The number of hydrogen-bond donors (Lipinski definition) is 1. The first-order chi connectivity index (χ1) is 12.0. The van der Waals surface area contributed by atoms with Crippen LogP contribution in [0.15, 0.2) is 24.3 Å². The van der Waals surface area contributed by atoms with Crippen LogP contribution in [-0.4, -0.2) is 54.1 Å². The van der Waals surface area contributed by atoms with Crippen LogP contribution in [0.3, 0.4) is 0 Å². The molecule has 1 aliphatic heterocycles. The van der Waals surface area contributed by atoms with Crippen molar-refractivity contribution >= 4 is 17.6 Å². The van der Waals surface area contributed by atoms with Gasteiger partial charge in [-0.25, -0.2) is 4.79 Å². The lowest BCUT2D eigenvalue weighted by atomic mass is 9.87. The molecule has 8 heteroatoms. The molecule has 0 spiro atoms. The fourth-order valence-corrected chi connectivity index (χ4v) is 2.70. The summed E-state index contributed by atoms with van der Waals surface area (Å²) in [5.41, 5.74) is 1.81. The number of rotatable bonds is 2. The van der Waals surface area contributed by atoms with Crippen molar-refractivity contribution in [3.05, 3.63) is 29.8 Å². The first-order valence-electron chi connectivity index (χ1n) is 8.47. The smallest absolute Gasteiger partial charge is 0.339 e. The molecule has 0 atom stereocenters. The zero-order valence-electron chi connectivity index (χ0n) is 15.2. The average molecular weight is 371 g/mol. The lowest BCUT2D eigenvalue weighted by Gasteiger charge is -2.35. The molecule has 1 N–H and O–H groups in total. The molecule has 5 nitrogen and oxygen atoms in total. The quantitative estimate of drug-likeness (QED) is 0.863. The fraction of sp³-hybridized carbons (Fsp3) is 0.556. The summed E-state index contributed by atoms with van der Waals surface area (Å²) in [6.45, 7) is 6.90. The number of nitrogens with one attached hydrogen (secondary N) is 1. The molecule has 144 valence electrons. The molecule has 3 amide bonds. The lowest BCUT2D eigenvalue weighted by Crippen LogP contribution is -2.52. The Morgan fingerprint density at radius 2 is 1.46 bits per heavy atom. The maximum Gasteiger partial charge on any atom is 0.397 e. The average Bonchev–Trinajstić information content (AvgIpc) is 2.53. The Morgan fingerprint density at radius 3 is 1.92 bits per heavy atom. The van der Waals surface area contributed by atoms with Crippen LogP contribution in [0.2, 0.25) is 0 Å². The second-order valence-electron chi connectivity index (χ2n) is 7.42. The molecular weight excluding hydrogens is 347 g/mol. The van der Waals surface area contributed by atoms with Gasteiger partial charge in [0.05, 0.1) is 0 Å². The van der Waals surface area contributed by atoms with Crippen molar-refractivity contribution in [2.45, 2.75) is 38.8 Å². The number of piperazine rings is 1. The Bertz CT molecular complexity index is 643. The Hall–Kier alpha value is -2.25. The summed E-state index contributed by atoms with van der Waals surface area (Å²) in [5.74, 6) is -0.949. The molecule has 26 heavy (non-hydrogen) atoms. The van der Waals surface area contributed by atoms with E-state index >= 15 is 0 Å². The van der Waals surface area contributed by atoms with Gasteiger partial charge in [0, 0.05) is 31.9 Å². The van der Waals surface area contributed by atoms with E-state index in [1.165, 1.54) is 4.90 Å². The molecule has 1 aromatic carbocycles. The van der Waals surface area contributed by atoms with Gasteiger partial charge in [-0.3, -0.25) is 4.79 Å². The fourth-order valence-electron chi connectivity index (χ4n) is 2.70. The minimum absolute atomic E-state index is 0.0157. The molecule has 0 aliphatic carbocycles. The van der Waals surface area contributed by atoms with Crippen LogP contribution < -0.4 is 5.32 Å². The molecule has 0 aromatic heterocycles. The van der Waals surface area contributed by atoms with Crippen molar-refractivity contribution in [1.29, 1.82) is 0 Å². The maximum atomic E-state index is 12.3. The third kappa shape index (κ3) is 5.64. The minimum atomic E-state index is -4.51. The number of urea groups is 1. The van der Waals surface area contributed by atoms with Gasteiger partial charge in [0.15, 0.2) is 0 Å². The second kappa shape index (κ2) is 7.55. The van der Waals surface area contributed by atoms with Crippen LogP contribution in [0.4, 0.5) is 23.7 Å². The highest BCUT2D eigenvalue weighted by Gasteiger charge is 2.34. The molecule has 1 aliphatic rings. The summed E-state index contributed by atoms with van der Waals surface area (Å²) >= 11 is 0. The van der Waals surface area contributed by atoms with Crippen LogP contribution in [-0.2, 0) is 10.2 Å². The summed E-state index contributed by atoms with van der Waals surface area (Å²) in [4.78, 5) is 26.5. The van der Waals surface area contributed by atoms with Crippen LogP contribution in [0.1, 0.15) is 32.8 Å². The number of carbonyl (C=O) groups excluding carboxylic acids is 2. The number of nitrogens with zero attached hydrogens (tertiary/aromatic N) is 2. The van der Waals surface area contributed by atoms with Gasteiger partial charge in [-0.05, 0) is 23.1 Å². The zero-order chi connectivity index (χ0) is 19.5. The highest BCUT2D eigenvalue weighted by Crippen LogP contribution is 2.24. The summed E-state index contributed by atoms with van der Waals surface area (Å²) in [7, 11) is 0. The van der Waals surface area contributed by atoms with E-state index in [1.54, 1.807) is 0 Å². The Labute approximate surface area is 151 Å². The lowest BCUT2D eigenvalue weighted by molar-refractivity contribution is -0.162. The first-order valence-corrected chi connectivity index (χ1v) is 8.47. The Morgan fingerprint density at radius 1 is 0.962 bits per heavy atom.